The Balaban J connectivity index is 1.76. The van der Waals surface area contributed by atoms with Gasteiger partial charge in [-0.2, -0.15) is 9.61 Å². The molecule has 3 N–H and O–H groups in total. The second-order valence-corrected chi connectivity index (χ2v) is 5.98. The van der Waals surface area contributed by atoms with E-state index < -0.39 is 0 Å². The third-order valence-corrected chi connectivity index (χ3v) is 4.18. The second-order valence-electron chi connectivity index (χ2n) is 5.98. The van der Waals surface area contributed by atoms with E-state index in [1.807, 2.05) is 30.3 Å². The van der Waals surface area contributed by atoms with Gasteiger partial charge in [0.25, 0.3) is 0 Å². The van der Waals surface area contributed by atoms with Crippen LogP contribution in [0, 0.1) is 0 Å². The molecule has 0 saturated heterocycles. The molecule has 1 amide bonds. The lowest BCUT2D eigenvalue weighted by molar-refractivity contribution is -0.115. The third kappa shape index (κ3) is 3.25. The SMILES string of the molecule is CCC(=O)Nc1cnn2c(NC)cc(Nc3ccccc3-c3ncco3)nc12. The maximum Gasteiger partial charge on any atom is 0.227 e. The lowest BCUT2D eigenvalue weighted by atomic mass is 10.1. The Kier molecular flexibility index (Phi) is 4.63. The maximum atomic E-state index is 11.8. The Hall–Kier alpha value is -3.88. The number of hydrogen-bond acceptors (Lipinski definition) is 7. The van der Waals surface area contributed by atoms with Crippen LogP contribution < -0.4 is 16.0 Å². The van der Waals surface area contributed by atoms with E-state index in [4.69, 9.17) is 4.42 Å². The van der Waals surface area contributed by atoms with Gasteiger partial charge in [-0.1, -0.05) is 19.1 Å². The van der Waals surface area contributed by atoms with Gasteiger partial charge in [0.05, 0.1) is 23.6 Å². The first-order chi connectivity index (χ1) is 13.7. The number of nitrogens with zero attached hydrogens (tertiary/aromatic N) is 4. The van der Waals surface area contributed by atoms with Crippen LogP contribution in [0.25, 0.3) is 17.1 Å². The topological polar surface area (TPSA) is 109 Å². The monoisotopic (exact) mass is 377 g/mol. The van der Waals surface area contributed by atoms with E-state index in [-0.39, 0.29) is 5.91 Å². The van der Waals surface area contributed by atoms with Gasteiger partial charge in [0, 0.05) is 19.5 Å². The van der Waals surface area contributed by atoms with Crippen LogP contribution >= 0.6 is 0 Å². The molecule has 4 aromatic rings. The quantitative estimate of drug-likeness (QED) is 0.472. The highest BCUT2D eigenvalue weighted by Crippen LogP contribution is 2.30. The zero-order valence-electron chi connectivity index (χ0n) is 15.4. The normalized spacial score (nSPS) is 10.8. The predicted molar refractivity (Wildman–Crippen MR) is 107 cm³/mol. The molecule has 0 saturated carbocycles. The van der Waals surface area contributed by atoms with Crippen LogP contribution in [0.4, 0.5) is 23.0 Å². The summed E-state index contributed by atoms with van der Waals surface area (Å²) in [6, 6.07) is 9.49. The summed E-state index contributed by atoms with van der Waals surface area (Å²) in [5, 5.41) is 13.5. The zero-order chi connectivity index (χ0) is 19.5. The first kappa shape index (κ1) is 17.5. The highest BCUT2D eigenvalue weighted by Gasteiger charge is 2.14. The van der Waals surface area contributed by atoms with Crippen LogP contribution in [0.15, 0.2) is 53.4 Å². The number of amides is 1. The van der Waals surface area contributed by atoms with Crippen molar-refractivity contribution in [2.24, 2.45) is 0 Å². The van der Waals surface area contributed by atoms with Crippen molar-refractivity contribution in [1.82, 2.24) is 19.6 Å². The smallest absolute Gasteiger partial charge is 0.227 e. The fourth-order valence-corrected chi connectivity index (χ4v) is 2.80. The van der Waals surface area contributed by atoms with Gasteiger partial charge in [-0.15, -0.1) is 0 Å². The van der Waals surface area contributed by atoms with Crippen molar-refractivity contribution in [3.63, 3.8) is 0 Å². The average molecular weight is 377 g/mol. The molecule has 0 aliphatic rings. The first-order valence-corrected chi connectivity index (χ1v) is 8.82. The lowest BCUT2D eigenvalue weighted by Crippen LogP contribution is -2.10. The standard InChI is InChI=1S/C19H19N7O2/c1-3-17(27)24-14-11-22-26-16(20-2)10-15(25-18(14)26)23-13-7-5-4-6-12(13)19-21-8-9-28-19/h4-11,20H,3H2,1-2H3,(H,23,25)(H,24,27). The molecule has 28 heavy (non-hydrogen) atoms. The third-order valence-electron chi connectivity index (χ3n) is 4.18. The summed E-state index contributed by atoms with van der Waals surface area (Å²) in [5.74, 6) is 1.72. The van der Waals surface area contributed by atoms with E-state index in [2.05, 4.69) is 31.0 Å². The summed E-state index contributed by atoms with van der Waals surface area (Å²) in [4.78, 5) is 20.7. The number of nitrogens with one attached hydrogen (secondary N) is 3. The molecule has 0 unspecified atom stereocenters. The highest BCUT2D eigenvalue weighted by atomic mass is 16.3. The highest BCUT2D eigenvalue weighted by molar-refractivity contribution is 5.94. The number of para-hydroxylation sites is 1. The molecule has 0 aliphatic carbocycles. The lowest BCUT2D eigenvalue weighted by Gasteiger charge is -2.12. The molecular weight excluding hydrogens is 358 g/mol. The molecule has 0 fully saturated rings. The fraction of sp³-hybridized carbons (Fsp3) is 0.158. The number of carbonyl (C=O) groups excluding carboxylic acids is 1. The zero-order valence-corrected chi connectivity index (χ0v) is 15.4. The molecule has 0 atom stereocenters. The summed E-state index contributed by atoms with van der Waals surface area (Å²) in [6.07, 6.45) is 5.09. The molecule has 0 aliphatic heterocycles. The van der Waals surface area contributed by atoms with Gasteiger partial charge in [0.2, 0.25) is 11.8 Å². The van der Waals surface area contributed by atoms with E-state index in [0.29, 0.717) is 29.5 Å². The predicted octanol–water partition coefficient (Wildman–Crippen LogP) is 3.52. The number of hydrogen-bond donors (Lipinski definition) is 3. The Morgan fingerprint density at radius 1 is 1.25 bits per heavy atom. The minimum Gasteiger partial charge on any atom is -0.444 e. The Morgan fingerprint density at radius 3 is 2.86 bits per heavy atom. The largest absolute Gasteiger partial charge is 0.444 e. The molecule has 3 aromatic heterocycles. The number of benzene rings is 1. The van der Waals surface area contributed by atoms with Crippen molar-refractivity contribution in [1.29, 1.82) is 0 Å². The molecule has 9 heteroatoms. The van der Waals surface area contributed by atoms with Crippen molar-refractivity contribution in [3.8, 4) is 11.5 Å². The van der Waals surface area contributed by atoms with Gasteiger partial charge in [-0.05, 0) is 12.1 Å². The summed E-state index contributed by atoms with van der Waals surface area (Å²) < 4.78 is 7.07. The molecule has 0 radical (unpaired) electrons. The van der Waals surface area contributed by atoms with Crippen LogP contribution in [-0.4, -0.2) is 32.5 Å². The van der Waals surface area contributed by atoms with Gasteiger partial charge in [-0.3, -0.25) is 4.79 Å². The number of fused-ring (bicyclic) bond motifs is 1. The van der Waals surface area contributed by atoms with Gasteiger partial charge in [0.15, 0.2) is 5.65 Å². The number of carbonyl (C=O) groups is 1. The Bertz CT molecular complexity index is 1120. The van der Waals surface area contributed by atoms with Crippen molar-refractivity contribution in [2.45, 2.75) is 13.3 Å². The van der Waals surface area contributed by atoms with Crippen LogP contribution in [-0.2, 0) is 4.79 Å². The maximum absolute atomic E-state index is 11.8. The van der Waals surface area contributed by atoms with E-state index >= 15 is 0 Å². The number of anilines is 4. The van der Waals surface area contributed by atoms with Crippen molar-refractivity contribution in [3.05, 3.63) is 49.0 Å². The van der Waals surface area contributed by atoms with Gasteiger partial charge in [0.1, 0.15) is 23.6 Å². The van der Waals surface area contributed by atoms with Gasteiger partial charge in [-0.25, -0.2) is 9.97 Å². The van der Waals surface area contributed by atoms with Crippen LogP contribution in [0.3, 0.4) is 0 Å². The molecule has 0 bridgehead atoms. The minimum atomic E-state index is -0.102. The average Bonchev–Trinajstić information content (AvgIpc) is 3.38. The number of aromatic nitrogens is 4. The van der Waals surface area contributed by atoms with Crippen LogP contribution in [0.2, 0.25) is 0 Å². The van der Waals surface area contributed by atoms with E-state index in [9.17, 15) is 4.79 Å². The van der Waals surface area contributed by atoms with Crippen LogP contribution in [0.5, 0.6) is 0 Å². The van der Waals surface area contributed by atoms with Crippen molar-refractivity contribution < 1.29 is 9.21 Å². The molecule has 142 valence electrons. The minimum absolute atomic E-state index is 0.102. The summed E-state index contributed by atoms with van der Waals surface area (Å²) in [6.45, 7) is 1.79. The molecule has 9 nitrogen and oxygen atoms in total. The Labute approximate surface area is 160 Å². The van der Waals surface area contributed by atoms with E-state index in [1.54, 1.807) is 30.9 Å². The molecule has 4 rings (SSSR count). The van der Waals surface area contributed by atoms with E-state index in [1.165, 1.54) is 6.26 Å². The molecule has 1 aromatic carbocycles. The van der Waals surface area contributed by atoms with Crippen molar-refractivity contribution in [2.75, 3.05) is 23.0 Å². The van der Waals surface area contributed by atoms with Gasteiger partial charge < -0.3 is 20.4 Å². The van der Waals surface area contributed by atoms with Gasteiger partial charge >= 0.3 is 0 Å². The summed E-state index contributed by atoms with van der Waals surface area (Å²) >= 11 is 0. The Morgan fingerprint density at radius 2 is 2.11 bits per heavy atom. The number of oxazole rings is 1. The fourth-order valence-electron chi connectivity index (χ4n) is 2.80. The molecule has 3 heterocycles. The van der Waals surface area contributed by atoms with Crippen LogP contribution in [0.1, 0.15) is 13.3 Å². The summed E-state index contributed by atoms with van der Waals surface area (Å²) in [5.41, 5.74) is 2.69. The van der Waals surface area contributed by atoms with E-state index in [0.717, 1.165) is 17.1 Å². The summed E-state index contributed by atoms with van der Waals surface area (Å²) in [7, 11) is 1.80. The number of rotatable bonds is 6. The molecule has 0 spiro atoms. The first-order valence-electron chi connectivity index (χ1n) is 8.82. The van der Waals surface area contributed by atoms with Crippen molar-refractivity contribution >= 4 is 34.6 Å². The second kappa shape index (κ2) is 7.39. The molecular formula is C19H19N7O2.